The van der Waals surface area contributed by atoms with Crippen LogP contribution in [-0.2, 0) is 6.42 Å². The number of imidazole rings is 1. The first-order chi connectivity index (χ1) is 17.5. The van der Waals surface area contributed by atoms with Gasteiger partial charge in [0.2, 0.25) is 11.7 Å². The Morgan fingerprint density at radius 3 is 2.17 bits per heavy atom. The first-order valence-electron chi connectivity index (χ1n) is 11.7. The molecule has 0 aliphatic heterocycles. The largest absolute Gasteiger partial charge is 0.497 e. The zero-order chi connectivity index (χ0) is 25.7. The number of rotatable bonds is 11. The molecule has 10 nitrogen and oxygen atoms in total. The molecule has 0 saturated heterocycles. The predicted octanol–water partition coefficient (Wildman–Crippen LogP) is 4.84. The molecule has 0 unspecified atom stereocenters. The molecule has 0 saturated carbocycles. The molecule has 0 aliphatic rings. The Hall–Kier alpha value is -4.21. The van der Waals surface area contributed by atoms with Crippen LogP contribution >= 0.6 is 0 Å². The molecule has 2 N–H and O–H groups in total. The van der Waals surface area contributed by atoms with Crippen molar-refractivity contribution < 1.29 is 18.9 Å². The Morgan fingerprint density at radius 2 is 1.58 bits per heavy atom. The molecule has 10 heteroatoms. The average Bonchev–Trinajstić information content (AvgIpc) is 3.33. The zero-order valence-corrected chi connectivity index (χ0v) is 21.5. The van der Waals surface area contributed by atoms with E-state index in [1.165, 1.54) is 5.56 Å². The van der Waals surface area contributed by atoms with E-state index in [-0.39, 0.29) is 6.04 Å². The van der Waals surface area contributed by atoms with Crippen molar-refractivity contribution in [2.45, 2.75) is 26.3 Å². The van der Waals surface area contributed by atoms with Gasteiger partial charge in [-0.05, 0) is 38.0 Å². The number of benzene rings is 2. The van der Waals surface area contributed by atoms with E-state index in [0.29, 0.717) is 46.8 Å². The van der Waals surface area contributed by atoms with Gasteiger partial charge in [-0.25, -0.2) is 4.98 Å². The number of ether oxygens (including phenoxy) is 4. The molecule has 36 heavy (non-hydrogen) atoms. The summed E-state index contributed by atoms with van der Waals surface area (Å²) in [5.74, 6) is 3.50. The van der Waals surface area contributed by atoms with Gasteiger partial charge in [-0.3, -0.25) is 0 Å². The van der Waals surface area contributed by atoms with Crippen LogP contribution < -0.4 is 29.6 Å². The topological polar surface area (TPSA) is 105 Å². The van der Waals surface area contributed by atoms with Crippen LogP contribution in [0.3, 0.4) is 0 Å². The highest BCUT2D eigenvalue weighted by atomic mass is 16.5. The maximum absolute atomic E-state index is 5.48. The summed E-state index contributed by atoms with van der Waals surface area (Å²) in [7, 11) is 6.39. The fourth-order valence-corrected chi connectivity index (χ4v) is 3.87. The number of methoxy groups -OCH3 is 4. The second-order valence-electron chi connectivity index (χ2n) is 8.38. The molecule has 2 aromatic carbocycles. The molecule has 0 bridgehead atoms. The summed E-state index contributed by atoms with van der Waals surface area (Å²) in [5.41, 5.74) is 3.34. The van der Waals surface area contributed by atoms with Crippen LogP contribution in [-0.4, -0.2) is 54.5 Å². The fraction of sp³-hybridized carbons (Fsp3) is 0.346. The Morgan fingerprint density at radius 1 is 0.889 bits per heavy atom. The van der Waals surface area contributed by atoms with Crippen LogP contribution in [0.2, 0.25) is 0 Å². The molecule has 2 aromatic heterocycles. The normalized spacial score (nSPS) is 11.0. The average molecular weight is 493 g/mol. The second-order valence-corrected chi connectivity index (χ2v) is 8.38. The lowest BCUT2D eigenvalue weighted by atomic mass is 10.1. The molecule has 0 radical (unpaired) electrons. The summed E-state index contributed by atoms with van der Waals surface area (Å²) in [6.07, 6.45) is 2.61. The minimum atomic E-state index is 0.186. The van der Waals surface area contributed by atoms with Gasteiger partial charge in [-0.1, -0.05) is 12.1 Å². The van der Waals surface area contributed by atoms with Crippen molar-refractivity contribution in [1.29, 1.82) is 0 Å². The standard InChI is InChI=1S/C26H32N6O4/c1-16(2)32-15-28-22-24(27-12-11-17-7-9-19(33-3)10-8-17)30-26(31-25(22)32)29-18-13-20(34-4)23(36-6)21(14-18)35-5/h7-10,13-16H,11-12H2,1-6H3,(H2,27,29,30,31). The van der Waals surface area contributed by atoms with Crippen molar-refractivity contribution >= 4 is 28.6 Å². The van der Waals surface area contributed by atoms with E-state index in [2.05, 4.69) is 41.6 Å². The summed E-state index contributed by atoms with van der Waals surface area (Å²) in [4.78, 5) is 14.1. The highest BCUT2D eigenvalue weighted by Gasteiger charge is 2.17. The zero-order valence-electron chi connectivity index (χ0n) is 21.5. The molecule has 0 atom stereocenters. The van der Waals surface area contributed by atoms with Gasteiger partial charge in [-0.2, -0.15) is 9.97 Å². The molecular formula is C26H32N6O4. The SMILES string of the molecule is COc1ccc(CCNc2nc(Nc3cc(OC)c(OC)c(OC)c3)nc3c2ncn3C(C)C)cc1. The summed E-state index contributed by atoms with van der Waals surface area (Å²) in [6.45, 7) is 4.86. The highest BCUT2D eigenvalue weighted by molar-refractivity contribution is 5.85. The second kappa shape index (κ2) is 11.0. The molecule has 4 rings (SSSR count). The maximum Gasteiger partial charge on any atom is 0.231 e. The third kappa shape index (κ3) is 5.22. The maximum atomic E-state index is 5.48. The molecule has 0 fully saturated rings. The number of hydrogen-bond donors (Lipinski definition) is 2. The lowest BCUT2D eigenvalue weighted by Crippen LogP contribution is -2.10. The van der Waals surface area contributed by atoms with Crippen molar-refractivity contribution in [2.75, 3.05) is 45.6 Å². The Labute approximate surface area is 210 Å². The quantitative estimate of drug-likeness (QED) is 0.304. The monoisotopic (exact) mass is 492 g/mol. The summed E-state index contributed by atoms with van der Waals surface area (Å²) < 4.78 is 23.6. The number of nitrogens with one attached hydrogen (secondary N) is 2. The summed E-state index contributed by atoms with van der Waals surface area (Å²) >= 11 is 0. The molecule has 190 valence electrons. The lowest BCUT2D eigenvalue weighted by molar-refractivity contribution is 0.324. The van der Waals surface area contributed by atoms with Crippen LogP contribution in [0.25, 0.3) is 11.2 Å². The predicted molar refractivity (Wildman–Crippen MR) is 140 cm³/mol. The Bertz CT molecular complexity index is 1300. The van der Waals surface area contributed by atoms with E-state index >= 15 is 0 Å². The van der Waals surface area contributed by atoms with Crippen LogP contribution in [0.1, 0.15) is 25.5 Å². The van der Waals surface area contributed by atoms with Crippen LogP contribution in [0.15, 0.2) is 42.7 Å². The van der Waals surface area contributed by atoms with E-state index in [9.17, 15) is 0 Å². The molecule has 0 aliphatic carbocycles. The van der Waals surface area contributed by atoms with Gasteiger partial charge < -0.3 is 34.1 Å². The van der Waals surface area contributed by atoms with Gasteiger partial charge in [0.05, 0.1) is 34.8 Å². The van der Waals surface area contributed by atoms with Crippen LogP contribution in [0.5, 0.6) is 23.0 Å². The number of fused-ring (bicyclic) bond motifs is 1. The van der Waals surface area contributed by atoms with Gasteiger partial charge in [0.1, 0.15) is 5.75 Å². The van der Waals surface area contributed by atoms with E-state index < -0.39 is 0 Å². The van der Waals surface area contributed by atoms with E-state index in [1.807, 2.05) is 28.8 Å². The highest BCUT2D eigenvalue weighted by Crippen LogP contribution is 2.40. The van der Waals surface area contributed by atoms with Crippen molar-refractivity contribution in [2.24, 2.45) is 0 Å². The molecule has 0 spiro atoms. The lowest BCUT2D eigenvalue weighted by Gasteiger charge is -2.15. The Kier molecular flexibility index (Phi) is 7.62. The van der Waals surface area contributed by atoms with E-state index in [0.717, 1.165) is 17.8 Å². The number of anilines is 3. The van der Waals surface area contributed by atoms with E-state index in [1.54, 1.807) is 34.8 Å². The van der Waals surface area contributed by atoms with Gasteiger partial charge in [-0.15, -0.1) is 0 Å². The minimum absolute atomic E-state index is 0.186. The van der Waals surface area contributed by atoms with Crippen molar-refractivity contribution in [3.05, 3.63) is 48.3 Å². The Balaban J connectivity index is 1.64. The van der Waals surface area contributed by atoms with Gasteiger partial charge >= 0.3 is 0 Å². The smallest absolute Gasteiger partial charge is 0.231 e. The summed E-state index contributed by atoms with van der Waals surface area (Å²) in [5, 5.41) is 6.72. The summed E-state index contributed by atoms with van der Waals surface area (Å²) in [6, 6.07) is 11.8. The van der Waals surface area contributed by atoms with Crippen LogP contribution in [0.4, 0.5) is 17.5 Å². The first kappa shape index (κ1) is 24.9. The number of nitrogens with zero attached hydrogens (tertiary/aromatic N) is 4. The molecular weight excluding hydrogens is 460 g/mol. The van der Waals surface area contributed by atoms with Crippen molar-refractivity contribution in [1.82, 2.24) is 19.5 Å². The van der Waals surface area contributed by atoms with E-state index in [4.69, 9.17) is 28.9 Å². The first-order valence-corrected chi connectivity index (χ1v) is 11.7. The minimum Gasteiger partial charge on any atom is -0.497 e. The fourth-order valence-electron chi connectivity index (χ4n) is 3.87. The van der Waals surface area contributed by atoms with Crippen molar-refractivity contribution in [3.8, 4) is 23.0 Å². The van der Waals surface area contributed by atoms with Crippen molar-refractivity contribution in [3.63, 3.8) is 0 Å². The number of aromatic nitrogens is 4. The molecule has 2 heterocycles. The van der Waals surface area contributed by atoms with Gasteiger partial charge in [0.25, 0.3) is 0 Å². The third-order valence-electron chi connectivity index (χ3n) is 5.76. The molecule has 4 aromatic rings. The molecule has 0 amide bonds. The van der Waals surface area contributed by atoms with Crippen LogP contribution in [0, 0.1) is 0 Å². The number of hydrogen-bond acceptors (Lipinski definition) is 9. The third-order valence-corrected chi connectivity index (χ3v) is 5.76. The van der Waals surface area contributed by atoms with Gasteiger partial charge in [0.15, 0.2) is 28.5 Å². The van der Waals surface area contributed by atoms with Gasteiger partial charge in [0, 0.05) is 30.4 Å².